The summed E-state index contributed by atoms with van der Waals surface area (Å²) in [5.41, 5.74) is -0.476. The van der Waals surface area contributed by atoms with Gasteiger partial charge in [-0.1, -0.05) is 0 Å². The van der Waals surface area contributed by atoms with Crippen molar-refractivity contribution in [3.05, 3.63) is 69.1 Å². The molecule has 0 unspecified atom stereocenters. The highest BCUT2D eigenvalue weighted by Crippen LogP contribution is 2.11. The molecule has 1 atom stereocenters. The first-order chi connectivity index (χ1) is 11.6. The first-order valence-electron chi connectivity index (χ1n) is 7.32. The van der Waals surface area contributed by atoms with Crippen molar-refractivity contribution < 1.29 is 4.74 Å². The molecule has 0 spiro atoms. The molecule has 0 aliphatic heterocycles. The van der Waals surface area contributed by atoms with Gasteiger partial charge >= 0.3 is 0 Å². The molecule has 0 amide bonds. The summed E-state index contributed by atoms with van der Waals surface area (Å²) >= 11 is 0. The first kappa shape index (κ1) is 15.5. The van der Waals surface area contributed by atoms with Gasteiger partial charge in [0.05, 0.1) is 23.6 Å². The Morgan fingerprint density at radius 1 is 1.42 bits per heavy atom. The van der Waals surface area contributed by atoms with Gasteiger partial charge in [-0.15, -0.1) is 0 Å². The number of fused-ring (bicyclic) bond motifs is 1. The Morgan fingerprint density at radius 2 is 2.25 bits per heavy atom. The third kappa shape index (κ3) is 3.03. The van der Waals surface area contributed by atoms with Gasteiger partial charge in [0.25, 0.3) is 11.1 Å². The van der Waals surface area contributed by atoms with Crippen molar-refractivity contribution in [1.82, 2.24) is 14.5 Å². The Hall–Kier alpha value is -3.40. The van der Waals surface area contributed by atoms with E-state index in [4.69, 9.17) is 10.00 Å². The number of aromatic nitrogens is 3. The minimum Gasteiger partial charge on any atom is -0.487 e. The smallest absolute Gasteiger partial charge is 0.266 e. The number of pyridine rings is 3. The molecular weight excluding hydrogens is 308 g/mol. The van der Waals surface area contributed by atoms with Gasteiger partial charge < -0.3 is 14.3 Å². The van der Waals surface area contributed by atoms with Crippen LogP contribution >= 0.6 is 0 Å². The molecule has 7 nitrogen and oxygen atoms in total. The molecule has 120 valence electrons. The molecule has 3 rings (SSSR count). The SMILES string of the molecule is C[C@H](Cn1ccc2[nH]c(=O)c(C#N)cc2c1=O)Oc1cccnc1. The standard InChI is InChI=1S/C17H14N4O3/c1-11(24-13-3-2-5-19-9-13)10-21-6-4-15-14(17(21)23)7-12(8-18)16(22)20-15/h2-7,9,11H,10H2,1H3,(H,20,22)/t11-/m1/s1. The van der Waals surface area contributed by atoms with Crippen molar-refractivity contribution in [1.29, 1.82) is 5.26 Å². The van der Waals surface area contributed by atoms with Crippen LogP contribution < -0.4 is 15.9 Å². The normalized spacial score (nSPS) is 11.8. The Kier molecular flexibility index (Phi) is 4.12. The van der Waals surface area contributed by atoms with Crippen LogP contribution in [-0.4, -0.2) is 20.6 Å². The number of nitriles is 1. The van der Waals surface area contributed by atoms with E-state index in [0.29, 0.717) is 23.2 Å². The van der Waals surface area contributed by atoms with Gasteiger partial charge in [-0.05, 0) is 31.2 Å². The van der Waals surface area contributed by atoms with Gasteiger partial charge in [-0.2, -0.15) is 5.26 Å². The summed E-state index contributed by atoms with van der Waals surface area (Å²) < 4.78 is 7.21. The maximum Gasteiger partial charge on any atom is 0.266 e. The molecule has 3 heterocycles. The number of hydrogen-bond donors (Lipinski definition) is 1. The van der Waals surface area contributed by atoms with E-state index in [0.717, 1.165) is 0 Å². The van der Waals surface area contributed by atoms with Crippen molar-refractivity contribution in [3.8, 4) is 11.8 Å². The fraction of sp³-hybridized carbons (Fsp3) is 0.176. The van der Waals surface area contributed by atoms with Gasteiger partial charge in [0.15, 0.2) is 0 Å². The number of nitrogens with zero attached hydrogens (tertiary/aromatic N) is 3. The second-order valence-corrected chi connectivity index (χ2v) is 5.34. The van der Waals surface area contributed by atoms with E-state index < -0.39 is 5.56 Å². The quantitative estimate of drug-likeness (QED) is 0.783. The predicted octanol–water partition coefficient (Wildman–Crippen LogP) is 1.42. The molecule has 3 aromatic heterocycles. The lowest BCUT2D eigenvalue weighted by Gasteiger charge is -2.16. The van der Waals surface area contributed by atoms with Gasteiger partial charge in [0.2, 0.25) is 0 Å². The summed E-state index contributed by atoms with van der Waals surface area (Å²) in [5.74, 6) is 0.620. The van der Waals surface area contributed by atoms with Crippen LogP contribution in [0.2, 0.25) is 0 Å². The highest BCUT2D eigenvalue weighted by atomic mass is 16.5. The van der Waals surface area contributed by atoms with E-state index in [2.05, 4.69) is 9.97 Å². The van der Waals surface area contributed by atoms with Gasteiger partial charge in [-0.3, -0.25) is 14.6 Å². The first-order valence-corrected chi connectivity index (χ1v) is 7.32. The Morgan fingerprint density at radius 3 is 2.96 bits per heavy atom. The lowest BCUT2D eigenvalue weighted by atomic mass is 10.2. The monoisotopic (exact) mass is 322 g/mol. The highest BCUT2D eigenvalue weighted by Gasteiger charge is 2.11. The van der Waals surface area contributed by atoms with E-state index in [1.54, 1.807) is 42.9 Å². The molecule has 0 bridgehead atoms. The summed E-state index contributed by atoms with van der Waals surface area (Å²) in [6.45, 7) is 2.17. The molecule has 0 saturated heterocycles. The highest BCUT2D eigenvalue weighted by molar-refractivity contribution is 5.78. The van der Waals surface area contributed by atoms with Crippen LogP contribution in [0.5, 0.6) is 5.75 Å². The molecule has 0 radical (unpaired) electrons. The molecule has 0 fully saturated rings. The van der Waals surface area contributed by atoms with Crippen molar-refractivity contribution in [2.45, 2.75) is 19.6 Å². The number of ether oxygens (including phenoxy) is 1. The van der Waals surface area contributed by atoms with Crippen LogP contribution in [0, 0.1) is 11.3 Å². The average Bonchev–Trinajstić information content (AvgIpc) is 2.58. The summed E-state index contributed by atoms with van der Waals surface area (Å²) in [4.78, 5) is 30.7. The number of hydrogen-bond acceptors (Lipinski definition) is 5. The largest absolute Gasteiger partial charge is 0.487 e. The third-order valence-electron chi connectivity index (χ3n) is 3.53. The number of rotatable bonds is 4. The molecule has 0 aromatic carbocycles. The third-order valence-corrected chi connectivity index (χ3v) is 3.53. The topological polar surface area (TPSA) is 101 Å². The summed E-state index contributed by atoms with van der Waals surface area (Å²) in [6, 6.07) is 8.29. The van der Waals surface area contributed by atoms with Gasteiger partial charge in [0.1, 0.15) is 23.5 Å². The fourth-order valence-electron chi connectivity index (χ4n) is 2.43. The second-order valence-electron chi connectivity index (χ2n) is 5.34. The molecular formula is C17H14N4O3. The average molecular weight is 322 g/mol. The summed E-state index contributed by atoms with van der Waals surface area (Å²) in [7, 11) is 0. The Bertz CT molecular complexity index is 1030. The minimum atomic E-state index is -0.504. The maximum absolute atomic E-state index is 12.6. The lowest BCUT2D eigenvalue weighted by Crippen LogP contribution is -2.28. The fourth-order valence-corrected chi connectivity index (χ4v) is 2.43. The number of H-pyrrole nitrogens is 1. The van der Waals surface area contributed by atoms with E-state index in [-0.39, 0.29) is 17.2 Å². The minimum absolute atomic E-state index is 0.0861. The predicted molar refractivity (Wildman–Crippen MR) is 87.9 cm³/mol. The number of aromatic amines is 1. The van der Waals surface area contributed by atoms with Crippen molar-refractivity contribution in [3.63, 3.8) is 0 Å². The Labute approximate surface area is 136 Å². The summed E-state index contributed by atoms with van der Waals surface area (Å²) in [6.07, 6.45) is 4.58. The van der Waals surface area contributed by atoms with Gasteiger partial charge in [-0.25, -0.2) is 0 Å². The Balaban J connectivity index is 1.91. The van der Waals surface area contributed by atoms with Gasteiger partial charge in [0, 0.05) is 12.4 Å². The number of nitrogens with one attached hydrogen (secondary N) is 1. The molecule has 3 aromatic rings. The van der Waals surface area contributed by atoms with Crippen LogP contribution in [0.15, 0.2) is 52.4 Å². The van der Waals surface area contributed by atoms with E-state index in [1.807, 2.05) is 6.92 Å². The van der Waals surface area contributed by atoms with E-state index >= 15 is 0 Å². The molecule has 1 N–H and O–H groups in total. The molecule has 0 aliphatic rings. The maximum atomic E-state index is 12.6. The van der Waals surface area contributed by atoms with E-state index in [1.165, 1.54) is 10.6 Å². The molecule has 0 saturated carbocycles. The van der Waals surface area contributed by atoms with Crippen LogP contribution in [0.1, 0.15) is 12.5 Å². The van der Waals surface area contributed by atoms with E-state index in [9.17, 15) is 9.59 Å². The molecule has 24 heavy (non-hydrogen) atoms. The zero-order valence-corrected chi connectivity index (χ0v) is 12.9. The second kappa shape index (κ2) is 6.38. The van der Waals surface area contributed by atoms with Crippen molar-refractivity contribution in [2.75, 3.05) is 0 Å². The lowest BCUT2D eigenvalue weighted by molar-refractivity contribution is 0.197. The van der Waals surface area contributed by atoms with Crippen molar-refractivity contribution in [2.24, 2.45) is 0 Å². The zero-order chi connectivity index (χ0) is 17.1. The van der Waals surface area contributed by atoms with Crippen molar-refractivity contribution >= 4 is 10.9 Å². The van der Waals surface area contributed by atoms with Crippen LogP contribution in [0.25, 0.3) is 10.9 Å². The molecule has 0 aliphatic carbocycles. The summed E-state index contributed by atoms with van der Waals surface area (Å²) in [5, 5.41) is 9.24. The zero-order valence-electron chi connectivity index (χ0n) is 12.9. The van der Waals surface area contributed by atoms with Crippen LogP contribution in [-0.2, 0) is 6.54 Å². The van der Waals surface area contributed by atoms with Crippen LogP contribution in [0.3, 0.4) is 0 Å². The molecule has 7 heteroatoms. The van der Waals surface area contributed by atoms with Crippen LogP contribution in [0.4, 0.5) is 0 Å².